The summed E-state index contributed by atoms with van der Waals surface area (Å²) in [7, 11) is 1.65. The van der Waals surface area contributed by atoms with Gasteiger partial charge in [0.15, 0.2) is 5.69 Å². The molecule has 8 heteroatoms. The van der Waals surface area contributed by atoms with E-state index >= 15 is 0 Å². The van der Waals surface area contributed by atoms with Crippen molar-refractivity contribution in [2.75, 3.05) is 7.11 Å². The molecule has 1 aliphatic rings. The first kappa shape index (κ1) is 16.6. The summed E-state index contributed by atoms with van der Waals surface area (Å²) in [5.41, 5.74) is 3.33. The summed E-state index contributed by atoms with van der Waals surface area (Å²) >= 11 is 0. The Morgan fingerprint density at radius 2 is 1.89 bits per heavy atom. The zero-order chi connectivity index (χ0) is 18.9. The molecule has 8 nitrogen and oxygen atoms in total. The molecule has 0 radical (unpaired) electrons. The molecule has 0 amide bonds. The molecular formula is C20H17N5O3. The first-order valence-corrected chi connectivity index (χ1v) is 8.89. The largest absolute Gasteiger partial charge is 0.497 e. The number of hydrogen-bond acceptors (Lipinski definition) is 7. The summed E-state index contributed by atoms with van der Waals surface area (Å²) in [5, 5.41) is 12.6. The van der Waals surface area contributed by atoms with Gasteiger partial charge in [-0.1, -0.05) is 52.8 Å². The van der Waals surface area contributed by atoms with E-state index in [1.54, 1.807) is 7.11 Å². The molecule has 1 atom stereocenters. The van der Waals surface area contributed by atoms with Crippen LogP contribution in [0, 0.1) is 0 Å². The third-order valence-electron chi connectivity index (χ3n) is 4.75. The van der Waals surface area contributed by atoms with Crippen LogP contribution in [0.5, 0.6) is 5.75 Å². The topological polar surface area (TPSA) is 88.1 Å². The molecule has 3 heterocycles. The zero-order valence-corrected chi connectivity index (χ0v) is 15.1. The van der Waals surface area contributed by atoms with Gasteiger partial charge in [-0.2, -0.15) is 4.98 Å². The molecule has 28 heavy (non-hydrogen) atoms. The normalized spacial score (nSPS) is 16.0. The van der Waals surface area contributed by atoms with Crippen LogP contribution in [0.2, 0.25) is 0 Å². The summed E-state index contributed by atoms with van der Waals surface area (Å²) < 4.78 is 18.5. The number of rotatable bonds is 4. The van der Waals surface area contributed by atoms with E-state index in [9.17, 15) is 0 Å². The molecule has 0 bridgehead atoms. The molecule has 0 aliphatic carbocycles. The lowest BCUT2D eigenvalue weighted by atomic mass is 10.1. The van der Waals surface area contributed by atoms with Crippen LogP contribution in [0.15, 0.2) is 59.1 Å². The van der Waals surface area contributed by atoms with E-state index in [1.165, 1.54) is 0 Å². The fourth-order valence-corrected chi connectivity index (χ4v) is 3.22. The second-order valence-electron chi connectivity index (χ2n) is 6.43. The van der Waals surface area contributed by atoms with E-state index in [-0.39, 0.29) is 6.10 Å². The van der Waals surface area contributed by atoms with Gasteiger partial charge in [0.05, 0.1) is 26.0 Å². The van der Waals surface area contributed by atoms with E-state index in [0.29, 0.717) is 30.6 Å². The second kappa shape index (κ2) is 6.90. The van der Waals surface area contributed by atoms with E-state index in [2.05, 4.69) is 20.5 Å². The quantitative estimate of drug-likeness (QED) is 0.541. The Morgan fingerprint density at radius 1 is 1.07 bits per heavy atom. The Hall–Kier alpha value is -3.52. The van der Waals surface area contributed by atoms with Gasteiger partial charge in [0.25, 0.3) is 5.89 Å². The van der Waals surface area contributed by atoms with Crippen LogP contribution in [0.3, 0.4) is 0 Å². The lowest BCUT2D eigenvalue weighted by Gasteiger charge is -2.24. The molecule has 4 aromatic rings. The van der Waals surface area contributed by atoms with Crippen LogP contribution in [0.1, 0.15) is 17.4 Å². The van der Waals surface area contributed by atoms with E-state index < -0.39 is 0 Å². The molecule has 0 saturated heterocycles. The molecule has 0 N–H and O–H groups in total. The van der Waals surface area contributed by atoms with Crippen LogP contribution in [0.25, 0.3) is 23.0 Å². The maximum Gasteiger partial charge on any atom is 0.280 e. The fraction of sp³-hybridized carbons (Fsp3) is 0.200. The summed E-state index contributed by atoms with van der Waals surface area (Å²) in [6.45, 7) is 0.927. The standard InChI is InChI=1S/C20H17N5O3/c1-26-15-9-7-13(8-10-15)17-11-25-16(12-27-17)18(22-24-25)20-21-19(23-28-20)14-5-3-2-4-6-14/h2-10,17H,11-12H2,1H3/t17-/m0/s1. The van der Waals surface area contributed by atoms with Crippen molar-refractivity contribution >= 4 is 0 Å². The van der Waals surface area contributed by atoms with Crippen molar-refractivity contribution in [2.45, 2.75) is 19.3 Å². The van der Waals surface area contributed by atoms with Crippen LogP contribution in [-0.4, -0.2) is 32.2 Å². The minimum absolute atomic E-state index is 0.101. The van der Waals surface area contributed by atoms with Crippen molar-refractivity contribution in [1.82, 2.24) is 25.1 Å². The van der Waals surface area contributed by atoms with Crippen molar-refractivity contribution in [3.05, 3.63) is 65.9 Å². The molecule has 0 saturated carbocycles. The molecule has 0 spiro atoms. The average Bonchev–Trinajstić information content (AvgIpc) is 3.41. The molecule has 5 rings (SSSR count). The molecule has 2 aromatic carbocycles. The third-order valence-corrected chi connectivity index (χ3v) is 4.75. The number of ether oxygens (including phenoxy) is 2. The van der Waals surface area contributed by atoms with Crippen LogP contribution in [-0.2, 0) is 17.9 Å². The highest BCUT2D eigenvalue weighted by atomic mass is 16.5. The van der Waals surface area contributed by atoms with Gasteiger partial charge in [0.2, 0.25) is 5.82 Å². The zero-order valence-electron chi connectivity index (χ0n) is 15.1. The van der Waals surface area contributed by atoms with Crippen LogP contribution in [0.4, 0.5) is 0 Å². The number of aromatic nitrogens is 5. The smallest absolute Gasteiger partial charge is 0.280 e. The molecule has 2 aromatic heterocycles. The Labute approximate surface area is 160 Å². The Bertz CT molecular complexity index is 1090. The lowest BCUT2D eigenvalue weighted by molar-refractivity contribution is -0.00119. The minimum atomic E-state index is -0.101. The first-order chi connectivity index (χ1) is 13.8. The predicted molar refractivity (Wildman–Crippen MR) is 99.3 cm³/mol. The molecular weight excluding hydrogens is 358 g/mol. The van der Waals surface area contributed by atoms with Gasteiger partial charge < -0.3 is 14.0 Å². The number of benzene rings is 2. The van der Waals surface area contributed by atoms with E-state index in [4.69, 9.17) is 14.0 Å². The van der Waals surface area contributed by atoms with Crippen LogP contribution >= 0.6 is 0 Å². The highest BCUT2D eigenvalue weighted by Gasteiger charge is 2.28. The summed E-state index contributed by atoms with van der Waals surface area (Å²) in [4.78, 5) is 4.46. The molecule has 1 aliphatic heterocycles. The Balaban J connectivity index is 1.39. The highest BCUT2D eigenvalue weighted by molar-refractivity contribution is 5.58. The molecule has 0 fully saturated rings. The number of nitrogens with zero attached hydrogens (tertiary/aromatic N) is 5. The lowest BCUT2D eigenvalue weighted by Crippen LogP contribution is -2.22. The molecule has 0 unspecified atom stereocenters. The number of fused-ring (bicyclic) bond motifs is 1. The van der Waals surface area contributed by atoms with E-state index in [0.717, 1.165) is 22.6 Å². The van der Waals surface area contributed by atoms with Gasteiger partial charge in [0, 0.05) is 5.56 Å². The van der Waals surface area contributed by atoms with Gasteiger partial charge in [-0.15, -0.1) is 5.10 Å². The SMILES string of the molecule is COc1ccc([C@@H]2Cn3nnc(-c4nc(-c5ccccc5)no4)c3CO2)cc1. The average molecular weight is 375 g/mol. The summed E-state index contributed by atoms with van der Waals surface area (Å²) in [5.74, 6) is 1.67. The third kappa shape index (κ3) is 2.93. The summed E-state index contributed by atoms with van der Waals surface area (Å²) in [6.07, 6.45) is -0.101. The second-order valence-corrected chi connectivity index (χ2v) is 6.43. The van der Waals surface area contributed by atoms with Crippen molar-refractivity contribution in [3.63, 3.8) is 0 Å². The highest BCUT2D eigenvalue weighted by Crippen LogP contribution is 2.31. The maximum absolute atomic E-state index is 6.04. The van der Waals surface area contributed by atoms with Crippen LogP contribution < -0.4 is 4.74 Å². The van der Waals surface area contributed by atoms with E-state index in [1.807, 2.05) is 59.3 Å². The monoisotopic (exact) mass is 375 g/mol. The number of methoxy groups -OCH3 is 1. The first-order valence-electron chi connectivity index (χ1n) is 8.89. The minimum Gasteiger partial charge on any atom is -0.497 e. The van der Waals surface area contributed by atoms with Crippen molar-refractivity contribution < 1.29 is 14.0 Å². The molecule has 140 valence electrons. The van der Waals surface area contributed by atoms with Gasteiger partial charge >= 0.3 is 0 Å². The van der Waals surface area contributed by atoms with Gasteiger partial charge in [-0.05, 0) is 17.7 Å². The van der Waals surface area contributed by atoms with Crippen molar-refractivity contribution in [3.8, 4) is 28.7 Å². The van der Waals surface area contributed by atoms with Gasteiger partial charge in [0.1, 0.15) is 11.9 Å². The number of hydrogen-bond donors (Lipinski definition) is 0. The predicted octanol–water partition coefficient (Wildman–Crippen LogP) is 3.28. The van der Waals surface area contributed by atoms with Gasteiger partial charge in [-0.25, -0.2) is 4.68 Å². The Kier molecular flexibility index (Phi) is 4.10. The maximum atomic E-state index is 6.04. The van der Waals surface area contributed by atoms with Crippen molar-refractivity contribution in [1.29, 1.82) is 0 Å². The van der Waals surface area contributed by atoms with Crippen molar-refractivity contribution in [2.24, 2.45) is 0 Å². The van der Waals surface area contributed by atoms with Gasteiger partial charge in [-0.3, -0.25) is 0 Å². The Morgan fingerprint density at radius 3 is 2.68 bits per heavy atom. The fourth-order valence-electron chi connectivity index (χ4n) is 3.22. The summed E-state index contributed by atoms with van der Waals surface area (Å²) in [6, 6.07) is 17.5.